The van der Waals surface area contributed by atoms with Crippen molar-refractivity contribution < 1.29 is 14.7 Å². The maximum absolute atomic E-state index is 12.2. The second-order valence-corrected chi connectivity index (χ2v) is 7.25. The van der Waals surface area contributed by atoms with Crippen LogP contribution in [0.15, 0.2) is 18.2 Å². The van der Waals surface area contributed by atoms with Gasteiger partial charge in [0.05, 0.1) is 12.5 Å². The van der Waals surface area contributed by atoms with Crippen molar-refractivity contribution in [3.8, 4) is 5.75 Å². The largest absolute Gasteiger partial charge is 0.508 e. The number of benzene rings is 1. The van der Waals surface area contributed by atoms with Crippen LogP contribution in [-0.4, -0.2) is 48.0 Å². The summed E-state index contributed by atoms with van der Waals surface area (Å²) in [4.78, 5) is 25.8. The normalized spacial score (nSPS) is 19.0. The van der Waals surface area contributed by atoms with Gasteiger partial charge in [0.25, 0.3) is 0 Å². The van der Waals surface area contributed by atoms with Crippen molar-refractivity contribution in [1.82, 2.24) is 15.5 Å². The molecule has 1 atom stereocenters. The summed E-state index contributed by atoms with van der Waals surface area (Å²) in [5.74, 6) is -0.0984. The maximum atomic E-state index is 12.2. The Labute approximate surface area is 143 Å². The highest BCUT2D eigenvalue weighted by atomic mass is 16.3. The average Bonchev–Trinajstić information content (AvgIpc) is 2.51. The highest BCUT2D eigenvalue weighted by Gasteiger charge is 2.32. The van der Waals surface area contributed by atoms with Crippen LogP contribution in [0.4, 0.5) is 0 Å². The van der Waals surface area contributed by atoms with E-state index in [0.717, 1.165) is 11.1 Å². The fraction of sp³-hybridized carbons (Fsp3) is 0.556. The third-order valence-corrected chi connectivity index (χ3v) is 4.42. The van der Waals surface area contributed by atoms with E-state index in [1.54, 1.807) is 13.1 Å². The van der Waals surface area contributed by atoms with E-state index in [1.165, 1.54) is 0 Å². The molecule has 1 fully saturated rings. The zero-order valence-electron chi connectivity index (χ0n) is 14.8. The third kappa shape index (κ3) is 4.26. The zero-order chi connectivity index (χ0) is 17.9. The molecule has 0 aliphatic carbocycles. The SMILES string of the molecule is CNC(=O)C[C@H]1C(=O)NCCN1Cc1cc(C(C)(C)C)ccc1O. The Hall–Kier alpha value is -2.08. The summed E-state index contributed by atoms with van der Waals surface area (Å²) in [5.41, 5.74) is 1.88. The fourth-order valence-electron chi connectivity index (χ4n) is 2.85. The Morgan fingerprint density at radius 1 is 1.42 bits per heavy atom. The molecule has 2 rings (SSSR count). The average molecular weight is 333 g/mol. The smallest absolute Gasteiger partial charge is 0.237 e. The Morgan fingerprint density at radius 2 is 2.12 bits per heavy atom. The molecule has 1 aliphatic heterocycles. The van der Waals surface area contributed by atoms with Gasteiger partial charge in [0.15, 0.2) is 0 Å². The standard InChI is InChI=1S/C18H27N3O3/c1-18(2,3)13-5-6-15(22)12(9-13)11-21-8-7-20-17(24)14(21)10-16(23)19-4/h5-6,9,14,22H,7-8,10-11H2,1-4H3,(H,19,23)(H,20,24)/t14-/m0/s1. The maximum Gasteiger partial charge on any atom is 0.237 e. The Kier molecular flexibility index (Phi) is 5.49. The molecule has 1 heterocycles. The highest BCUT2D eigenvalue weighted by Crippen LogP contribution is 2.29. The van der Waals surface area contributed by atoms with E-state index in [9.17, 15) is 14.7 Å². The summed E-state index contributed by atoms with van der Waals surface area (Å²) >= 11 is 0. The van der Waals surface area contributed by atoms with Gasteiger partial charge in [0, 0.05) is 32.2 Å². The molecule has 0 bridgehead atoms. The van der Waals surface area contributed by atoms with Gasteiger partial charge in [0.2, 0.25) is 11.8 Å². The van der Waals surface area contributed by atoms with Crippen molar-refractivity contribution >= 4 is 11.8 Å². The van der Waals surface area contributed by atoms with Gasteiger partial charge in [-0.15, -0.1) is 0 Å². The number of phenols is 1. The second-order valence-electron chi connectivity index (χ2n) is 7.25. The van der Waals surface area contributed by atoms with E-state index in [4.69, 9.17) is 0 Å². The van der Waals surface area contributed by atoms with Gasteiger partial charge in [-0.1, -0.05) is 32.9 Å². The lowest BCUT2D eigenvalue weighted by atomic mass is 9.86. The molecule has 6 nitrogen and oxygen atoms in total. The lowest BCUT2D eigenvalue weighted by Gasteiger charge is -2.35. The number of phenolic OH excluding ortho intramolecular Hbond substituents is 1. The predicted molar refractivity (Wildman–Crippen MR) is 92.7 cm³/mol. The molecule has 2 amide bonds. The number of nitrogens with zero attached hydrogens (tertiary/aromatic N) is 1. The molecule has 1 aromatic carbocycles. The van der Waals surface area contributed by atoms with Gasteiger partial charge in [-0.2, -0.15) is 0 Å². The van der Waals surface area contributed by atoms with Gasteiger partial charge in [-0.05, 0) is 17.0 Å². The molecular weight excluding hydrogens is 306 g/mol. The first-order valence-electron chi connectivity index (χ1n) is 8.27. The molecule has 0 spiro atoms. The first-order chi connectivity index (χ1) is 11.2. The monoisotopic (exact) mass is 333 g/mol. The molecule has 3 N–H and O–H groups in total. The highest BCUT2D eigenvalue weighted by molar-refractivity contribution is 5.88. The topological polar surface area (TPSA) is 81.7 Å². The van der Waals surface area contributed by atoms with Crippen LogP contribution in [0.3, 0.4) is 0 Å². The van der Waals surface area contributed by atoms with Crippen molar-refractivity contribution in [2.45, 2.75) is 45.2 Å². The Balaban J connectivity index is 2.24. The Bertz CT molecular complexity index is 622. The zero-order valence-corrected chi connectivity index (χ0v) is 14.8. The van der Waals surface area contributed by atoms with Crippen LogP contribution in [0.2, 0.25) is 0 Å². The number of hydrogen-bond donors (Lipinski definition) is 3. The number of carbonyl (C=O) groups excluding carboxylic acids is 2. The van der Waals surface area contributed by atoms with E-state index in [2.05, 4.69) is 31.4 Å². The van der Waals surface area contributed by atoms with Crippen LogP contribution in [0.25, 0.3) is 0 Å². The van der Waals surface area contributed by atoms with E-state index in [1.807, 2.05) is 17.0 Å². The number of hydrogen-bond acceptors (Lipinski definition) is 4. The Morgan fingerprint density at radius 3 is 2.75 bits per heavy atom. The first kappa shape index (κ1) is 18.3. The molecular formula is C18H27N3O3. The molecule has 0 radical (unpaired) electrons. The lowest BCUT2D eigenvalue weighted by Crippen LogP contribution is -2.56. The van der Waals surface area contributed by atoms with E-state index in [-0.39, 0.29) is 29.4 Å². The number of aromatic hydroxyl groups is 1. The second kappa shape index (κ2) is 7.21. The predicted octanol–water partition coefficient (Wildman–Crippen LogP) is 1.13. The summed E-state index contributed by atoms with van der Waals surface area (Å²) in [6.45, 7) is 7.98. The minimum atomic E-state index is -0.517. The summed E-state index contributed by atoms with van der Waals surface area (Å²) < 4.78 is 0. The van der Waals surface area contributed by atoms with Crippen LogP contribution in [0.5, 0.6) is 5.75 Å². The lowest BCUT2D eigenvalue weighted by molar-refractivity contribution is -0.134. The van der Waals surface area contributed by atoms with Crippen molar-refractivity contribution in [2.75, 3.05) is 20.1 Å². The van der Waals surface area contributed by atoms with Crippen molar-refractivity contribution in [3.63, 3.8) is 0 Å². The first-order valence-corrected chi connectivity index (χ1v) is 8.27. The molecule has 132 valence electrons. The van der Waals surface area contributed by atoms with E-state index >= 15 is 0 Å². The molecule has 6 heteroatoms. The van der Waals surface area contributed by atoms with Crippen LogP contribution >= 0.6 is 0 Å². The molecule has 1 saturated heterocycles. The number of piperazine rings is 1. The number of rotatable bonds is 4. The summed E-state index contributed by atoms with van der Waals surface area (Å²) in [5, 5.41) is 15.6. The molecule has 0 saturated carbocycles. The minimum Gasteiger partial charge on any atom is -0.508 e. The van der Waals surface area contributed by atoms with Crippen molar-refractivity contribution in [3.05, 3.63) is 29.3 Å². The van der Waals surface area contributed by atoms with Crippen LogP contribution < -0.4 is 10.6 Å². The quantitative estimate of drug-likeness (QED) is 0.771. The van der Waals surface area contributed by atoms with Crippen LogP contribution in [-0.2, 0) is 21.5 Å². The van der Waals surface area contributed by atoms with Gasteiger partial charge in [-0.25, -0.2) is 0 Å². The molecule has 0 aromatic heterocycles. The molecule has 1 aliphatic rings. The third-order valence-electron chi connectivity index (χ3n) is 4.42. The van der Waals surface area contributed by atoms with Gasteiger partial charge >= 0.3 is 0 Å². The molecule has 24 heavy (non-hydrogen) atoms. The van der Waals surface area contributed by atoms with Crippen LogP contribution in [0.1, 0.15) is 38.3 Å². The number of amides is 2. The number of nitrogens with one attached hydrogen (secondary N) is 2. The summed E-state index contributed by atoms with van der Waals surface area (Å²) in [6, 6.07) is 5.09. The van der Waals surface area contributed by atoms with Gasteiger partial charge in [-0.3, -0.25) is 14.5 Å². The molecule has 1 aromatic rings. The van der Waals surface area contributed by atoms with Crippen molar-refractivity contribution in [2.24, 2.45) is 0 Å². The molecule has 0 unspecified atom stereocenters. The van der Waals surface area contributed by atoms with Crippen LogP contribution in [0, 0.1) is 0 Å². The summed E-state index contributed by atoms with van der Waals surface area (Å²) in [7, 11) is 1.56. The fourth-order valence-corrected chi connectivity index (χ4v) is 2.85. The summed E-state index contributed by atoms with van der Waals surface area (Å²) in [6.07, 6.45) is 0.113. The van der Waals surface area contributed by atoms with Gasteiger partial charge in [0.1, 0.15) is 5.75 Å². The van der Waals surface area contributed by atoms with E-state index < -0.39 is 6.04 Å². The van der Waals surface area contributed by atoms with Gasteiger partial charge < -0.3 is 15.7 Å². The minimum absolute atomic E-state index is 0.0246. The van der Waals surface area contributed by atoms with Crippen molar-refractivity contribution in [1.29, 1.82) is 0 Å². The van der Waals surface area contributed by atoms with E-state index in [0.29, 0.717) is 19.6 Å². The number of carbonyl (C=O) groups is 2.